The van der Waals surface area contributed by atoms with Crippen LogP contribution in [0.2, 0.25) is 0 Å². The molecule has 0 aliphatic carbocycles. The lowest BCUT2D eigenvalue weighted by molar-refractivity contribution is -0.349. The largest absolute Gasteiger partial charge is 0.478 e. The van der Waals surface area contributed by atoms with Crippen molar-refractivity contribution in [3.8, 4) is 0 Å². The highest BCUT2D eigenvalue weighted by molar-refractivity contribution is 7.85. The van der Waals surface area contributed by atoms with Gasteiger partial charge in [-0.1, -0.05) is 19.9 Å². The molecule has 0 spiro atoms. The summed E-state index contributed by atoms with van der Waals surface area (Å²) in [5.41, 5.74) is -8.83. The molecule has 0 saturated heterocycles. The number of hydrogen-bond donors (Lipinski definition) is 1. The minimum Gasteiger partial charge on any atom is -0.478 e. The lowest BCUT2D eigenvalue weighted by Crippen LogP contribution is -2.51. The van der Waals surface area contributed by atoms with E-state index in [-0.39, 0.29) is 12.5 Å². The maximum atomic E-state index is 14.4. The summed E-state index contributed by atoms with van der Waals surface area (Å²) in [6, 6.07) is 0.547. The fourth-order valence-corrected chi connectivity index (χ4v) is 3.59. The smallest absolute Gasteiger partial charge is 0.435 e. The SMILES string of the molecule is CCc1c(C(=O)O)ccc(C(F)(C(F)(F)F)C(F)(F)F)c1[S@@](=O)CC. The first kappa shape index (κ1) is 21.4. The van der Waals surface area contributed by atoms with Crippen LogP contribution >= 0.6 is 0 Å². The molecule has 1 rings (SSSR count). The molecule has 0 aromatic heterocycles. The Balaban J connectivity index is 4.04. The van der Waals surface area contributed by atoms with E-state index in [1.807, 2.05) is 0 Å². The second kappa shape index (κ2) is 6.93. The number of benzene rings is 1. The van der Waals surface area contributed by atoms with Gasteiger partial charge in [-0.15, -0.1) is 0 Å². The Morgan fingerprint density at radius 2 is 1.52 bits per heavy atom. The molecule has 0 radical (unpaired) electrons. The zero-order valence-electron chi connectivity index (χ0n) is 12.9. The van der Waals surface area contributed by atoms with Crippen LogP contribution in [0.3, 0.4) is 0 Å². The molecule has 0 heterocycles. The number of carboxylic acids is 1. The van der Waals surface area contributed by atoms with Crippen LogP contribution in [0.1, 0.15) is 35.3 Å². The van der Waals surface area contributed by atoms with Crippen molar-refractivity contribution < 1.29 is 44.8 Å². The van der Waals surface area contributed by atoms with Crippen molar-refractivity contribution in [3.05, 3.63) is 28.8 Å². The van der Waals surface area contributed by atoms with Gasteiger partial charge in [0, 0.05) is 16.2 Å². The molecule has 1 atom stereocenters. The van der Waals surface area contributed by atoms with E-state index in [1.165, 1.54) is 13.8 Å². The van der Waals surface area contributed by atoms with E-state index in [4.69, 9.17) is 5.11 Å². The third-order valence-corrected chi connectivity index (χ3v) is 4.93. The van der Waals surface area contributed by atoms with Gasteiger partial charge in [-0.05, 0) is 18.1 Å². The van der Waals surface area contributed by atoms with Crippen LogP contribution in [-0.2, 0) is 22.9 Å². The first-order valence-corrected chi connectivity index (χ1v) is 8.16. The minimum atomic E-state index is -6.38. The first-order chi connectivity index (χ1) is 11.2. The molecule has 0 saturated carbocycles. The predicted octanol–water partition coefficient (Wildman–Crippen LogP) is 4.36. The fraction of sp³-hybridized carbons (Fsp3) is 0.500. The number of rotatable bonds is 5. The van der Waals surface area contributed by atoms with E-state index in [9.17, 15) is 39.7 Å². The third kappa shape index (κ3) is 3.51. The summed E-state index contributed by atoms with van der Waals surface area (Å²) in [6.07, 6.45) is -13.1. The van der Waals surface area contributed by atoms with E-state index < -0.39 is 62.1 Å². The molecule has 0 bridgehead atoms. The lowest BCUT2D eigenvalue weighted by atomic mass is 9.90. The molecule has 25 heavy (non-hydrogen) atoms. The van der Waals surface area contributed by atoms with Crippen molar-refractivity contribution in [2.24, 2.45) is 0 Å². The molecule has 1 aromatic rings. The highest BCUT2D eigenvalue weighted by Crippen LogP contribution is 2.55. The molecule has 11 heteroatoms. The maximum absolute atomic E-state index is 14.4. The van der Waals surface area contributed by atoms with Crippen molar-refractivity contribution in [2.45, 2.75) is 43.2 Å². The van der Waals surface area contributed by atoms with Crippen molar-refractivity contribution in [1.29, 1.82) is 0 Å². The van der Waals surface area contributed by atoms with Gasteiger partial charge < -0.3 is 5.11 Å². The Bertz CT molecular complexity index is 681. The summed E-state index contributed by atoms with van der Waals surface area (Å²) in [4.78, 5) is 10.1. The van der Waals surface area contributed by atoms with Crippen LogP contribution in [0, 0.1) is 0 Å². The molecule has 142 valence electrons. The van der Waals surface area contributed by atoms with Crippen LogP contribution in [0.5, 0.6) is 0 Å². The summed E-state index contributed by atoms with van der Waals surface area (Å²) >= 11 is 0. The highest BCUT2D eigenvalue weighted by atomic mass is 32.2. The Hall–Kier alpha value is -1.65. The number of aromatic carboxylic acids is 1. The van der Waals surface area contributed by atoms with Crippen molar-refractivity contribution in [1.82, 2.24) is 0 Å². The Kier molecular flexibility index (Phi) is 5.93. The molecule has 0 fully saturated rings. The monoisotopic (exact) mass is 394 g/mol. The zero-order valence-corrected chi connectivity index (χ0v) is 13.7. The molecule has 0 unspecified atom stereocenters. The van der Waals surface area contributed by atoms with E-state index in [2.05, 4.69) is 0 Å². The Morgan fingerprint density at radius 1 is 1.04 bits per heavy atom. The molecule has 0 aliphatic rings. The predicted molar refractivity (Wildman–Crippen MR) is 74.6 cm³/mol. The number of carboxylic acid groups (broad SMARTS) is 1. The second-order valence-corrected chi connectivity index (χ2v) is 6.59. The van der Waals surface area contributed by atoms with Crippen LogP contribution in [-0.4, -0.2) is 33.4 Å². The standard InChI is InChI=1S/C14H13F7O3S/c1-3-7-8(11(22)23)5-6-9(10(7)25(24)4-2)12(15,13(16,17)18)14(19,20)21/h5-6H,3-4H2,1-2H3,(H,22,23)/t25-/m0/s1. The van der Waals surface area contributed by atoms with Crippen LogP contribution < -0.4 is 0 Å². The van der Waals surface area contributed by atoms with E-state index in [1.54, 1.807) is 0 Å². The molecular formula is C14H13F7O3S. The van der Waals surface area contributed by atoms with Crippen LogP contribution in [0.25, 0.3) is 0 Å². The number of alkyl halides is 7. The van der Waals surface area contributed by atoms with Crippen molar-refractivity contribution in [3.63, 3.8) is 0 Å². The zero-order chi connectivity index (χ0) is 19.8. The van der Waals surface area contributed by atoms with E-state index >= 15 is 0 Å². The quantitative estimate of drug-likeness (QED) is 0.755. The van der Waals surface area contributed by atoms with Gasteiger partial charge in [-0.3, -0.25) is 4.21 Å². The molecular weight excluding hydrogens is 381 g/mol. The van der Waals surface area contributed by atoms with Gasteiger partial charge in [0.05, 0.1) is 16.4 Å². The van der Waals surface area contributed by atoms with Crippen LogP contribution in [0.4, 0.5) is 30.7 Å². The van der Waals surface area contributed by atoms with Gasteiger partial charge in [0.15, 0.2) is 0 Å². The van der Waals surface area contributed by atoms with Gasteiger partial charge in [0.1, 0.15) is 0 Å². The summed E-state index contributed by atoms with van der Waals surface area (Å²) in [7, 11) is -2.46. The van der Waals surface area contributed by atoms with Crippen molar-refractivity contribution >= 4 is 16.8 Å². The maximum Gasteiger partial charge on any atom is 0.435 e. The topological polar surface area (TPSA) is 54.4 Å². The van der Waals surface area contributed by atoms with Gasteiger partial charge >= 0.3 is 24.0 Å². The Morgan fingerprint density at radius 3 is 1.84 bits per heavy atom. The van der Waals surface area contributed by atoms with Crippen molar-refractivity contribution in [2.75, 3.05) is 5.75 Å². The number of hydrogen-bond acceptors (Lipinski definition) is 2. The summed E-state index contributed by atoms with van der Waals surface area (Å²) in [6.45, 7) is 2.46. The summed E-state index contributed by atoms with van der Waals surface area (Å²) in [5, 5.41) is 9.05. The second-order valence-electron chi connectivity index (χ2n) is 4.92. The lowest BCUT2D eigenvalue weighted by Gasteiger charge is -2.32. The van der Waals surface area contributed by atoms with Gasteiger partial charge in [0.2, 0.25) is 0 Å². The van der Waals surface area contributed by atoms with Gasteiger partial charge in [0.25, 0.3) is 0 Å². The highest BCUT2D eigenvalue weighted by Gasteiger charge is 2.74. The minimum absolute atomic E-state index is 0.0898. The normalized spacial score (nSPS) is 14.4. The molecule has 1 N–H and O–H groups in total. The molecule has 3 nitrogen and oxygen atoms in total. The Labute approximate surface area is 140 Å². The van der Waals surface area contributed by atoms with E-state index in [0.717, 1.165) is 0 Å². The average molecular weight is 394 g/mol. The molecule has 0 aliphatic heterocycles. The van der Waals surface area contributed by atoms with Gasteiger partial charge in [-0.25, -0.2) is 9.18 Å². The molecule has 0 amide bonds. The number of carbonyl (C=O) groups is 1. The summed E-state index contributed by atoms with van der Waals surface area (Å²) in [5.74, 6) is -2.06. The number of halogens is 7. The third-order valence-electron chi connectivity index (χ3n) is 3.49. The van der Waals surface area contributed by atoms with Crippen LogP contribution in [0.15, 0.2) is 17.0 Å². The average Bonchev–Trinajstić information content (AvgIpc) is 2.49. The fourth-order valence-electron chi connectivity index (χ4n) is 2.32. The summed E-state index contributed by atoms with van der Waals surface area (Å²) < 4.78 is 105. The molecule has 1 aromatic carbocycles. The first-order valence-electron chi connectivity index (χ1n) is 6.84. The van der Waals surface area contributed by atoms with E-state index in [0.29, 0.717) is 6.07 Å². The van der Waals surface area contributed by atoms with Gasteiger partial charge in [-0.2, -0.15) is 26.3 Å².